The standard InChI is InChI=1S/C8H16N2O.2ClH/c1-7-2-4-10(5-3-7)6-8(9)11;;/h7H,2-6H2,1H3,(H2,9,11);2*1H. The molecule has 1 aliphatic heterocycles. The van der Waals surface area contributed by atoms with Crippen molar-refractivity contribution in [2.75, 3.05) is 19.6 Å². The Labute approximate surface area is 91.9 Å². The van der Waals surface area contributed by atoms with Crippen LogP contribution in [0.25, 0.3) is 0 Å². The van der Waals surface area contributed by atoms with E-state index in [2.05, 4.69) is 11.8 Å². The molecule has 1 amide bonds. The van der Waals surface area contributed by atoms with E-state index in [1.54, 1.807) is 0 Å². The first-order chi connectivity index (χ1) is 5.18. The molecule has 1 fully saturated rings. The van der Waals surface area contributed by atoms with Gasteiger partial charge in [-0.2, -0.15) is 0 Å². The van der Waals surface area contributed by atoms with Crippen LogP contribution < -0.4 is 5.73 Å². The highest BCUT2D eigenvalue weighted by molar-refractivity contribution is 5.85. The molecule has 1 rings (SSSR count). The summed E-state index contributed by atoms with van der Waals surface area (Å²) in [7, 11) is 0. The molecule has 0 saturated carbocycles. The number of primary amides is 1. The molecule has 5 heteroatoms. The molecule has 0 unspecified atom stereocenters. The van der Waals surface area contributed by atoms with E-state index in [-0.39, 0.29) is 30.7 Å². The number of halogens is 2. The number of rotatable bonds is 2. The zero-order valence-corrected chi connectivity index (χ0v) is 9.50. The zero-order chi connectivity index (χ0) is 8.27. The number of nitrogens with two attached hydrogens (primary N) is 1. The quantitative estimate of drug-likeness (QED) is 0.769. The van der Waals surface area contributed by atoms with Gasteiger partial charge in [0.15, 0.2) is 0 Å². The Kier molecular flexibility index (Phi) is 8.83. The van der Waals surface area contributed by atoms with Crippen molar-refractivity contribution in [3.8, 4) is 0 Å². The van der Waals surface area contributed by atoms with Crippen molar-refractivity contribution < 1.29 is 4.79 Å². The summed E-state index contributed by atoms with van der Waals surface area (Å²) in [5, 5.41) is 0. The molecule has 0 aliphatic carbocycles. The van der Waals surface area contributed by atoms with Gasteiger partial charge in [-0.3, -0.25) is 9.69 Å². The number of likely N-dealkylation sites (tertiary alicyclic amines) is 1. The first kappa shape index (κ1) is 15.5. The maximum absolute atomic E-state index is 10.5. The van der Waals surface area contributed by atoms with Crippen LogP contribution in [0.3, 0.4) is 0 Å². The highest BCUT2D eigenvalue weighted by Crippen LogP contribution is 2.14. The van der Waals surface area contributed by atoms with Crippen molar-refractivity contribution in [1.29, 1.82) is 0 Å². The molecule has 0 aromatic rings. The molecule has 0 atom stereocenters. The average molecular weight is 229 g/mol. The summed E-state index contributed by atoms with van der Waals surface area (Å²) in [6, 6.07) is 0. The van der Waals surface area contributed by atoms with Crippen molar-refractivity contribution >= 4 is 30.7 Å². The molecular formula is C8H18Cl2N2O. The minimum Gasteiger partial charge on any atom is -0.369 e. The van der Waals surface area contributed by atoms with Crippen LogP contribution in [0.4, 0.5) is 0 Å². The lowest BCUT2D eigenvalue weighted by molar-refractivity contribution is -0.119. The summed E-state index contributed by atoms with van der Waals surface area (Å²) in [6.07, 6.45) is 2.40. The summed E-state index contributed by atoms with van der Waals surface area (Å²) in [4.78, 5) is 12.7. The van der Waals surface area contributed by atoms with Gasteiger partial charge in [-0.05, 0) is 31.8 Å². The Balaban J connectivity index is 0. The molecule has 1 aliphatic rings. The smallest absolute Gasteiger partial charge is 0.231 e. The largest absolute Gasteiger partial charge is 0.369 e. The van der Waals surface area contributed by atoms with Crippen LogP contribution in [-0.2, 0) is 4.79 Å². The van der Waals surface area contributed by atoms with Crippen LogP contribution in [0.15, 0.2) is 0 Å². The minimum atomic E-state index is -0.209. The number of hydrogen-bond acceptors (Lipinski definition) is 2. The average Bonchev–Trinajstić information content (AvgIpc) is 1.93. The lowest BCUT2D eigenvalue weighted by Gasteiger charge is -2.28. The van der Waals surface area contributed by atoms with Gasteiger partial charge in [0.05, 0.1) is 6.54 Å². The van der Waals surface area contributed by atoms with Gasteiger partial charge in [-0.25, -0.2) is 0 Å². The molecule has 1 heterocycles. The van der Waals surface area contributed by atoms with Crippen LogP contribution >= 0.6 is 24.8 Å². The monoisotopic (exact) mass is 228 g/mol. The second-order valence-corrected chi connectivity index (χ2v) is 3.42. The number of nitrogens with zero attached hydrogens (tertiary/aromatic N) is 1. The number of amides is 1. The van der Waals surface area contributed by atoms with Gasteiger partial charge in [-0.1, -0.05) is 6.92 Å². The van der Waals surface area contributed by atoms with E-state index >= 15 is 0 Å². The van der Waals surface area contributed by atoms with E-state index in [0.717, 1.165) is 19.0 Å². The molecule has 13 heavy (non-hydrogen) atoms. The van der Waals surface area contributed by atoms with Crippen molar-refractivity contribution in [2.24, 2.45) is 11.7 Å². The van der Waals surface area contributed by atoms with Crippen LogP contribution in [0, 0.1) is 5.92 Å². The summed E-state index contributed by atoms with van der Waals surface area (Å²) in [6.45, 7) is 4.75. The van der Waals surface area contributed by atoms with Gasteiger partial charge in [0.2, 0.25) is 5.91 Å². The zero-order valence-electron chi connectivity index (χ0n) is 7.86. The fraction of sp³-hybridized carbons (Fsp3) is 0.875. The number of carbonyl (C=O) groups excluding carboxylic acids is 1. The summed E-state index contributed by atoms with van der Waals surface area (Å²) in [5.74, 6) is 0.610. The molecule has 0 bridgehead atoms. The van der Waals surface area contributed by atoms with E-state index in [0.29, 0.717) is 6.54 Å². The maximum Gasteiger partial charge on any atom is 0.231 e. The molecule has 0 radical (unpaired) electrons. The summed E-state index contributed by atoms with van der Waals surface area (Å²) < 4.78 is 0. The normalized spacial score (nSPS) is 18.5. The minimum absolute atomic E-state index is 0. The Bertz CT molecular complexity index is 147. The van der Waals surface area contributed by atoms with Crippen LogP contribution in [-0.4, -0.2) is 30.4 Å². The lowest BCUT2D eigenvalue weighted by atomic mass is 9.99. The Morgan fingerprint density at radius 1 is 1.38 bits per heavy atom. The summed E-state index contributed by atoms with van der Waals surface area (Å²) >= 11 is 0. The van der Waals surface area contributed by atoms with Crippen molar-refractivity contribution in [3.63, 3.8) is 0 Å². The third kappa shape index (κ3) is 6.13. The van der Waals surface area contributed by atoms with E-state index < -0.39 is 0 Å². The lowest BCUT2D eigenvalue weighted by Crippen LogP contribution is -2.39. The Morgan fingerprint density at radius 3 is 2.23 bits per heavy atom. The molecule has 0 aromatic heterocycles. The highest BCUT2D eigenvalue weighted by atomic mass is 35.5. The van der Waals surface area contributed by atoms with E-state index in [9.17, 15) is 4.79 Å². The first-order valence-electron chi connectivity index (χ1n) is 4.19. The Morgan fingerprint density at radius 2 is 1.85 bits per heavy atom. The molecular weight excluding hydrogens is 211 g/mol. The third-order valence-corrected chi connectivity index (χ3v) is 2.26. The predicted octanol–water partition coefficient (Wildman–Crippen LogP) is 1.05. The van der Waals surface area contributed by atoms with Gasteiger partial charge < -0.3 is 5.73 Å². The van der Waals surface area contributed by atoms with E-state index in [4.69, 9.17) is 5.73 Å². The Hall–Kier alpha value is 0.01000. The highest BCUT2D eigenvalue weighted by Gasteiger charge is 2.16. The van der Waals surface area contributed by atoms with Crippen LogP contribution in [0.5, 0.6) is 0 Å². The maximum atomic E-state index is 10.5. The molecule has 2 N–H and O–H groups in total. The number of carbonyl (C=O) groups is 1. The van der Waals surface area contributed by atoms with Gasteiger partial charge in [0.25, 0.3) is 0 Å². The molecule has 0 aromatic carbocycles. The summed E-state index contributed by atoms with van der Waals surface area (Å²) in [5.41, 5.74) is 5.08. The van der Waals surface area contributed by atoms with Crippen LogP contribution in [0.1, 0.15) is 19.8 Å². The SMILES string of the molecule is CC1CCN(CC(N)=O)CC1.Cl.Cl. The third-order valence-electron chi connectivity index (χ3n) is 2.26. The predicted molar refractivity (Wildman–Crippen MR) is 58.5 cm³/mol. The molecule has 80 valence electrons. The molecule has 3 nitrogen and oxygen atoms in total. The van der Waals surface area contributed by atoms with Gasteiger partial charge in [0, 0.05) is 0 Å². The number of hydrogen-bond donors (Lipinski definition) is 1. The van der Waals surface area contributed by atoms with Crippen LogP contribution in [0.2, 0.25) is 0 Å². The fourth-order valence-electron chi connectivity index (χ4n) is 1.44. The van der Waals surface area contributed by atoms with Crippen molar-refractivity contribution in [1.82, 2.24) is 4.90 Å². The second kappa shape index (κ2) is 7.42. The topological polar surface area (TPSA) is 46.3 Å². The van der Waals surface area contributed by atoms with Gasteiger partial charge in [0.1, 0.15) is 0 Å². The molecule has 0 spiro atoms. The van der Waals surface area contributed by atoms with E-state index in [1.807, 2.05) is 0 Å². The molecule has 1 saturated heterocycles. The van der Waals surface area contributed by atoms with Gasteiger partial charge in [-0.15, -0.1) is 24.8 Å². The van der Waals surface area contributed by atoms with Crippen molar-refractivity contribution in [3.05, 3.63) is 0 Å². The van der Waals surface area contributed by atoms with E-state index in [1.165, 1.54) is 12.8 Å². The second-order valence-electron chi connectivity index (χ2n) is 3.42. The van der Waals surface area contributed by atoms with Crippen molar-refractivity contribution in [2.45, 2.75) is 19.8 Å². The number of piperidine rings is 1. The van der Waals surface area contributed by atoms with Gasteiger partial charge >= 0.3 is 0 Å². The fourth-order valence-corrected chi connectivity index (χ4v) is 1.44. The first-order valence-corrected chi connectivity index (χ1v) is 4.19.